The van der Waals surface area contributed by atoms with Gasteiger partial charge in [-0.1, -0.05) is 0 Å². The Morgan fingerprint density at radius 2 is 2.15 bits per heavy atom. The van der Waals surface area contributed by atoms with E-state index in [1.54, 1.807) is 0 Å². The molecule has 0 saturated heterocycles. The van der Waals surface area contributed by atoms with E-state index < -0.39 is 17.7 Å². The maximum absolute atomic E-state index is 11.0. The molecule has 0 aliphatic rings. The number of hydrogen-bond donors (Lipinski definition) is 2. The number of nitrogens with zero attached hydrogens (tertiary/aromatic N) is 2. The molecule has 0 bridgehead atoms. The van der Waals surface area contributed by atoms with Crippen LogP contribution in [-0.2, 0) is 9.59 Å². The molecule has 1 rings (SSSR count). The summed E-state index contributed by atoms with van der Waals surface area (Å²) in [7, 11) is 0. The number of ketones is 1. The molecular formula is C7H8N4O2. The molecule has 1 atom stereocenters. The first-order valence-corrected chi connectivity index (χ1v) is 3.48. The smallest absolute Gasteiger partial charge is 0.286 e. The van der Waals surface area contributed by atoms with Crippen LogP contribution in [0.1, 0.15) is 11.7 Å². The molecule has 13 heavy (non-hydrogen) atoms. The Morgan fingerprint density at radius 3 is 2.62 bits per heavy atom. The number of Topliss-reactive ketones (excluding diaryl/α,β-unsaturated/α-hetero) is 1. The molecule has 6 nitrogen and oxygen atoms in total. The highest BCUT2D eigenvalue weighted by Crippen LogP contribution is 2.05. The van der Waals surface area contributed by atoms with Crippen molar-refractivity contribution in [3.8, 4) is 0 Å². The summed E-state index contributed by atoms with van der Waals surface area (Å²) < 4.78 is 0. The molecular weight excluding hydrogens is 172 g/mol. The van der Waals surface area contributed by atoms with Gasteiger partial charge in [0.1, 0.15) is 12.4 Å². The first-order chi connectivity index (χ1) is 6.13. The topological polar surface area (TPSA) is 112 Å². The zero-order valence-electron chi connectivity index (χ0n) is 6.68. The maximum Gasteiger partial charge on any atom is 0.286 e. The molecule has 1 unspecified atom stereocenters. The van der Waals surface area contributed by atoms with E-state index in [0.29, 0.717) is 0 Å². The number of primary amides is 1. The van der Waals surface area contributed by atoms with Crippen molar-refractivity contribution in [2.45, 2.75) is 6.04 Å². The van der Waals surface area contributed by atoms with Gasteiger partial charge < -0.3 is 11.5 Å². The van der Waals surface area contributed by atoms with Crippen molar-refractivity contribution in [1.82, 2.24) is 9.97 Å². The number of amides is 1. The van der Waals surface area contributed by atoms with Crippen molar-refractivity contribution < 1.29 is 9.59 Å². The van der Waals surface area contributed by atoms with Crippen LogP contribution >= 0.6 is 0 Å². The molecule has 6 heteroatoms. The summed E-state index contributed by atoms with van der Waals surface area (Å²) in [5.74, 6) is -1.93. The quantitative estimate of drug-likeness (QED) is 0.551. The molecule has 0 aliphatic heterocycles. The third-order valence-corrected chi connectivity index (χ3v) is 1.45. The minimum atomic E-state index is -1.10. The Hall–Kier alpha value is -1.82. The fourth-order valence-electron chi connectivity index (χ4n) is 0.772. The lowest BCUT2D eigenvalue weighted by molar-refractivity contribution is -0.136. The number of hydrogen-bond acceptors (Lipinski definition) is 5. The predicted molar refractivity (Wildman–Crippen MR) is 43.2 cm³/mol. The van der Waals surface area contributed by atoms with E-state index in [1.807, 2.05) is 0 Å². The predicted octanol–water partition coefficient (Wildman–Crippen LogP) is -1.47. The molecule has 68 valence electrons. The monoisotopic (exact) mass is 180 g/mol. The van der Waals surface area contributed by atoms with E-state index in [0.717, 1.165) is 0 Å². The van der Waals surface area contributed by atoms with Crippen molar-refractivity contribution in [1.29, 1.82) is 0 Å². The molecule has 0 radical (unpaired) electrons. The number of rotatable bonds is 3. The maximum atomic E-state index is 11.0. The van der Waals surface area contributed by atoms with Gasteiger partial charge in [-0.25, -0.2) is 9.97 Å². The van der Waals surface area contributed by atoms with Crippen LogP contribution in [0, 0.1) is 0 Å². The second-order valence-corrected chi connectivity index (χ2v) is 2.34. The number of nitrogens with two attached hydrogens (primary N) is 2. The third-order valence-electron chi connectivity index (χ3n) is 1.45. The van der Waals surface area contributed by atoms with Crippen LogP contribution in [0.15, 0.2) is 18.6 Å². The van der Waals surface area contributed by atoms with E-state index in [1.165, 1.54) is 18.6 Å². The lowest BCUT2D eigenvalue weighted by Gasteiger charge is -2.05. The first-order valence-electron chi connectivity index (χ1n) is 3.48. The molecule has 0 fully saturated rings. The molecule has 0 aromatic carbocycles. The molecule has 1 amide bonds. The Kier molecular flexibility index (Phi) is 2.65. The van der Waals surface area contributed by atoms with Gasteiger partial charge in [-0.2, -0.15) is 0 Å². The largest absolute Gasteiger partial charge is 0.363 e. The van der Waals surface area contributed by atoms with E-state index in [4.69, 9.17) is 11.5 Å². The van der Waals surface area contributed by atoms with Crippen molar-refractivity contribution in [3.63, 3.8) is 0 Å². The third kappa shape index (κ3) is 2.06. The molecule has 4 N–H and O–H groups in total. The van der Waals surface area contributed by atoms with Gasteiger partial charge >= 0.3 is 0 Å². The first kappa shape index (κ1) is 9.27. The molecule has 0 aliphatic carbocycles. The summed E-state index contributed by atoms with van der Waals surface area (Å²) in [5.41, 5.74) is 10.4. The zero-order chi connectivity index (χ0) is 9.84. The number of carbonyl (C=O) groups is 2. The van der Waals surface area contributed by atoms with Gasteiger partial charge in [0.05, 0.1) is 5.69 Å². The van der Waals surface area contributed by atoms with Gasteiger partial charge in [-0.15, -0.1) is 0 Å². The van der Waals surface area contributed by atoms with Gasteiger partial charge in [-0.3, -0.25) is 9.59 Å². The minimum absolute atomic E-state index is 0.277. The number of aromatic nitrogens is 2. The van der Waals surface area contributed by atoms with Crippen LogP contribution in [0.25, 0.3) is 0 Å². The molecule has 1 aromatic rings. The summed E-state index contributed by atoms with van der Waals surface area (Å²) in [4.78, 5) is 28.8. The molecule has 0 saturated carbocycles. The fourth-order valence-corrected chi connectivity index (χ4v) is 0.772. The molecule has 1 aromatic heterocycles. The second-order valence-electron chi connectivity index (χ2n) is 2.34. The standard InChI is InChI=1S/C7H8N4O2/c8-5(6(12)7(9)13)4-1-2-10-3-11-4/h1-3,5H,8H2,(H2,9,13). The van der Waals surface area contributed by atoms with E-state index in [9.17, 15) is 9.59 Å². The normalized spacial score (nSPS) is 12.1. The Bertz CT molecular complexity index is 325. The fraction of sp³-hybridized carbons (Fsp3) is 0.143. The van der Waals surface area contributed by atoms with E-state index >= 15 is 0 Å². The van der Waals surface area contributed by atoms with Crippen LogP contribution in [0.2, 0.25) is 0 Å². The van der Waals surface area contributed by atoms with Gasteiger partial charge in [-0.05, 0) is 6.07 Å². The van der Waals surface area contributed by atoms with Crippen molar-refractivity contribution >= 4 is 11.7 Å². The average Bonchev–Trinajstić information content (AvgIpc) is 2.17. The summed E-state index contributed by atoms with van der Waals surface area (Å²) in [6.45, 7) is 0. The molecule has 1 heterocycles. The van der Waals surface area contributed by atoms with Crippen LogP contribution in [-0.4, -0.2) is 21.7 Å². The van der Waals surface area contributed by atoms with E-state index in [2.05, 4.69) is 9.97 Å². The van der Waals surface area contributed by atoms with Crippen LogP contribution in [0.5, 0.6) is 0 Å². The van der Waals surface area contributed by atoms with Gasteiger partial charge in [0.25, 0.3) is 5.91 Å². The highest BCUT2D eigenvalue weighted by atomic mass is 16.2. The Morgan fingerprint density at radius 1 is 1.46 bits per heavy atom. The van der Waals surface area contributed by atoms with Crippen molar-refractivity contribution in [2.75, 3.05) is 0 Å². The van der Waals surface area contributed by atoms with E-state index in [-0.39, 0.29) is 5.69 Å². The lowest BCUT2D eigenvalue weighted by atomic mass is 10.1. The summed E-state index contributed by atoms with van der Waals surface area (Å²) in [6.07, 6.45) is 2.67. The number of carbonyl (C=O) groups excluding carboxylic acids is 2. The van der Waals surface area contributed by atoms with Crippen LogP contribution < -0.4 is 11.5 Å². The second kappa shape index (κ2) is 3.72. The zero-order valence-corrected chi connectivity index (χ0v) is 6.68. The van der Waals surface area contributed by atoms with Gasteiger partial charge in [0.2, 0.25) is 5.78 Å². The van der Waals surface area contributed by atoms with Crippen LogP contribution in [0.3, 0.4) is 0 Å². The summed E-state index contributed by atoms with van der Waals surface area (Å²) in [5, 5.41) is 0. The average molecular weight is 180 g/mol. The van der Waals surface area contributed by atoms with Gasteiger partial charge in [0, 0.05) is 6.20 Å². The summed E-state index contributed by atoms with van der Waals surface area (Å²) in [6, 6.07) is 0.353. The highest BCUT2D eigenvalue weighted by molar-refractivity contribution is 6.37. The lowest BCUT2D eigenvalue weighted by Crippen LogP contribution is -2.33. The minimum Gasteiger partial charge on any atom is -0.363 e. The Balaban J connectivity index is 2.86. The van der Waals surface area contributed by atoms with Crippen molar-refractivity contribution in [2.24, 2.45) is 11.5 Å². The van der Waals surface area contributed by atoms with Crippen molar-refractivity contribution in [3.05, 3.63) is 24.3 Å². The molecule has 0 spiro atoms. The Labute approximate surface area is 74.0 Å². The highest BCUT2D eigenvalue weighted by Gasteiger charge is 2.21. The van der Waals surface area contributed by atoms with Crippen LogP contribution in [0.4, 0.5) is 0 Å². The SMILES string of the molecule is NC(=O)C(=O)C(N)c1ccncn1. The van der Waals surface area contributed by atoms with Gasteiger partial charge in [0.15, 0.2) is 0 Å². The summed E-state index contributed by atoms with van der Waals surface area (Å²) >= 11 is 0.